The highest BCUT2D eigenvalue weighted by atomic mass is 16.7. The summed E-state index contributed by atoms with van der Waals surface area (Å²) in [5.41, 5.74) is 11.7. The smallest absolute Gasteiger partial charge is 0.231 e. The van der Waals surface area contributed by atoms with Crippen molar-refractivity contribution in [1.29, 1.82) is 0 Å². The van der Waals surface area contributed by atoms with E-state index in [1.807, 2.05) is 18.2 Å². The number of aryl methyl sites for hydroxylation is 1. The van der Waals surface area contributed by atoms with Crippen molar-refractivity contribution in [1.82, 2.24) is 14.9 Å². The summed E-state index contributed by atoms with van der Waals surface area (Å²) in [5, 5.41) is 3.39. The molecule has 0 saturated carbocycles. The van der Waals surface area contributed by atoms with Gasteiger partial charge in [0.25, 0.3) is 0 Å². The molecule has 8 nitrogen and oxygen atoms in total. The maximum absolute atomic E-state index is 6.49. The van der Waals surface area contributed by atoms with E-state index in [4.69, 9.17) is 15.2 Å². The summed E-state index contributed by atoms with van der Waals surface area (Å²) in [7, 11) is 0. The molecule has 2 aliphatic rings. The summed E-state index contributed by atoms with van der Waals surface area (Å²) < 4.78 is 10.9. The minimum absolute atomic E-state index is 0.304. The molecule has 5 rings (SSSR count). The second kappa shape index (κ2) is 8.55. The summed E-state index contributed by atoms with van der Waals surface area (Å²) in [5.74, 6) is 3.09. The molecule has 32 heavy (non-hydrogen) atoms. The molecule has 1 saturated heterocycles. The van der Waals surface area contributed by atoms with Gasteiger partial charge in [-0.2, -0.15) is 0 Å². The average Bonchev–Trinajstić information content (AvgIpc) is 3.27. The van der Waals surface area contributed by atoms with E-state index < -0.39 is 0 Å². The molecule has 0 aliphatic carbocycles. The van der Waals surface area contributed by atoms with Crippen LogP contribution >= 0.6 is 0 Å². The van der Waals surface area contributed by atoms with E-state index in [1.165, 1.54) is 16.7 Å². The zero-order chi connectivity index (χ0) is 22.1. The van der Waals surface area contributed by atoms with Gasteiger partial charge >= 0.3 is 0 Å². The first kappa shape index (κ1) is 20.4. The van der Waals surface area contributed by atoms with Gasteiger partial charge in [0, 0.05) is 38.4 Å². The Morgan fingerprint density at radius 3 is 2.66 bits per heavy atom. The second-order valence-electron chi connectivity index (χ2n) is 8.28. The first-order valence-corrected chi connectivity index (χ1v) is 10.9. The van der Waals surface area contributed by atoms with Crippen LogP contribution in [0, 0.1) is 13.8 Å². The number of nitrogens with one attached hydrogen (secondary N) is 1. The minimum Gasteiger partial charge on any atom is -0.454 e. The van der Waals surface area contributed by atoms with Gasteiger partial charge in [0.1, 0.15) is 12.0 Å². The highest BCUT2D eigenvalue weighted by Gasteiger charge is 2.22. The van der Waals surface area contributed by atoms with E-state index >= 15 is 0 Å². The Kier molecular flexibility index (Phi) is 5.45. The third-order valence-electron chi connectivity index (χ3n) is 6.24. The maximum atomic E-state index is 6.49. The van der Waals surface area contributed by atoms with Crippen molar-refractivity contribution in [3.05, 3.63) is 59.4 Å². The van der Waals surface area contributed by atoms with Gasteiger partial charge in [-0.15, -0.1) is 0 Å². The Morgan fingerprint density at radius 2 is 1.81 bits per heavy atom. The van der Waals surface area contributed by atoms with Crippen LogP contribution in [0.5, 0.6) is 11.5 Å². The number of rotatable bonds is 5. The molecule has 2 aliphatic heterocycles. The summed E-state index contributed by atoms with van der Waals surface area (Å²) >= 11 is 0. The number of nitrogen functional groups attached to an aromatic ring is 1. The molecule has 0 radical (unpaired) electrons. The number of aromatic nitrogens is 2. The predicted molar refractivity (Wildman–Crippen MR) is 126 cm³/mol. The first-order valence-electron chi connectivity index (χ1n) is 10.9. The van der Waals surface area contributed by atoms with E-state index in [2.05, 4.69) is 57.1 Å². The summed E-state index contributed by atoms with van der Waals surface area (Å²) in [6.07, 6.45) is 1.58. The molecule has 1 aromatic heterocycles. The fourth-order valence-electron chi connectivity index (χ4n) is 4.17. The van der Waals surface area contributed by atoms with Crippen LogP contribution in [0.2, 0.25) is 0 Å². The molecule has 166 valence electrons. The number of hydrogen-bond acceptors (Lipinski definition) is 8. The van der Waals surface area contributed by atoms with Gasteiger partial charge < -0.3 is 25.4 Å². The largest absolute Gasteiger partial charge is 0.454 e. The number of nitrogens with zero attached hydrogens (tertiary/aromatic N) is 4. The highest BCUT2D eigenvalue weighted by molar-refractivity contribution is 5.79. The van der Waals surface area contributed by atoms with Gasteiger partial charge in [0.05, 0.1) is 0 Å². The number of piperazine rings is 1. The average molecular weight is 433 g/mol. The Labute approximate surface area is 188 Å². The van der Waals surface area contributed by atoms with Crippen LogP contribution in [-0.4, -0.2) is 47.8 Å². The standard InChI is InChI=1S/C24H28N6O2/c1-16-4-3-5-19(17(16)2)28-23-22(25)24(27-14-26-23)30-10-8-29(9-11-30)13-18-6-7-20-21(12-18)32-15-31-20/h3-7,12,14H,8-11,13,15,25H2,1-2H3,(H,26,27,28). The molecule has 3 N–H and O–H groups in total. The number of hydrogen-bond donors (Lipinski definition) is 2. The van der Waals surface area contributed by atoms with Gasteiger partial charge in [-0.05, 0) is 48.7 Å². The van der Waals surface area contributed by atoms with Crippen LogP contribution in [0.4, 0.5) is 23.0 Å². The summed E-state index contributed by atoms with van der Waals surface area (Å²) in [4.78, 5) is 13.6. The number of ether oxygens (including phenoxy) is 2. The Morgan fingerprint density at radius 1 is 1.00 bits per heavy atom. The monoisotopic (exact) mass is 432 g/mol. The van der Waals surface area contributed by atoms with Gasteiger partial charge in [-0.25, -0.2) is 9.97 Å². The molecule has 0 bridgehead atoms. The lowest BCUT2D eigenvalue weighted by Crippen LogP contribution is -2.46. The van der Waals surface area contributed by atoms with Crippen LogP contribution in [0.3, 0.4) is 0 Å². The Bertz CT molecular complexity index is 1130. The number of anilines is 4. The highest BCUT2D eigenvalue weighted by Crippen LogP contribution is 2.33. The minimum atomic E-state index is 0.304. The lowest BCUT2D eigenvalue weighted by molar-refractivity contribution is 0.174. The molecule has 2 aromatic carbocycles. The maximum Gasteiger partial charge on any atom is 0.231 e. The van der Waals surface area contributed by atoms with Crippen molar-refractivity contribution in [2.45, 2.75) is 20.4 Å². The normalized spacial score (nSPS) is 15.8. The van der Waals surface area contributed by atoms with Crippen LogP contribution in [0.1, 0.15) is 16.7 Å². The van der Waals surface area contributed by atoms with Gasteiger partial charge in [0.2, 0.25) is 6.79 Å². The molecular weight excluding hydrogens is 404 g/mol. The third kappa shape index (κ3) is 4.01. The van der Waals surface area contributed by atoms with Crippen LogP contribution < -0.4 is 25.4 Å². The molecule has 0 spiro atoms. The Balaban J connectivity index is 1.24. The number of benzene rings is 2. The molecule has 0 amide bonds. The molecule has 3 heterocycles. The zero-order valence-electron chi connectivity index (χ0n) is 18.5. The van der Waals surface area contributed by atoms with Gasteiger partial charge in [-0.3, -0.25) is 4.90 Å². The van der Waals surface area contributed by atoms with Crippen molar-refractivity contribution >= 4 is 23.0 Å². The summed E-state index contributed by atoms with van der Waals surface area (Å²) in [6.45, 7) is 8.94. The number of fused-ring (bicyclic) bond motifs is 1. The van der Waals surface area contributed by atoms with E-state index in [0.717, 1.165) is 55.7 Å². The van der Waals surface area contributed by atoms with Crippen molar-refractivity contribution in [2.24, 2.45) is 0 Å². The first-order chi connectivity index (χ1) is 15.6. The fraction of sp³-hybridized carbons (Fsp3) is 0.333. The lowest BCUT2D eigenvalue weighted by atomic mass is 10.1. The second-order valence-corrected chi connectivity index (χ2v) is 8.28. The van der Waals surface area contributed by atoms with E-state index in [9.17, 15) is 0 Å². The van der Waals surface area contributed by atoms with E-state index in [-0.39, 0.29) is 0 Å². The van der Waals surface area contributed by atoms with Gasteiger partial charge in [-0.1, -0.05) is 18.2 Å². The third-order valence-corrected chi connectivity index (χ3v) is 6.24. The molecule has 1 fully saturated rings. The van der Waals surface area contributed by atoms with E-state index in [0.29, 0.717) is 18.3 Å². The number of nitrogens with two attached hydrogens (primary N) is 1. The van der Waals surface area contributed by atoms with Crippen molar-refractivity contribution in [3.8, 4) is 11.5 Å². The van der Waals surface area contributed by atoms with Crippen molar-refractivity contribution in [2.75, 3.05) is 48.9 Å². The SMILES string of the molecule is Cc1cccc(Nc2ncnc(N3CCN(Cc4ccc5c(c4)OCO5)CC3)c2N)c1C. The molecule has 0 unspecified atom stereocenters. The fourth-order valence-corrected chi connectivity index (χ4v) is 4.17. The Hall–Kier alpha value is -3.52. The predicted octanol–water partition coefficient (Wildman–Crippen LogP) is 3.47. The molecular formula is C24H28N6O2. The van der Waals surface area contributed by atoms with Gasteiger partial charge in [0.15, 0.2) is 23.1 Å². The van der Waals surface area contributed by atoms with Crippen molar-refractivity contribution < 1.29 is 9.47 Å². The van der Waals surface area contributed by atoms with Crippen LogP contribution in [0.25, 0.3) is 0 Å². The van der Waals surface area contributed by atoms with Crippen LogP contribution in [-0.2, 0) is 6.54 Å². The van der Waals surface area contributed by atoms with Crippen LogP contribution in [0.15, 0.2) is 42.7 Å². The zero-order valence-corrected chi connectivity index (χ0v) is 18.5. The molecule has 3 aromatic rings. The van der Waals surface area contributed by atoms with Crippen molar-refractivity contribution in [3.63, 3.8) is 0 Å². The lowest BCUT2D eigenvalue weighted by Gasteiger charge is -2.36. The molecule has 0 atom stereocenters. The summed E-state index contributed by atoms with van der Waals surface area (Å²) in [6, 6.07) is 12.3. The topological polar surface area (TPSA) is 88.8 Å². The molecule has 8 heteroatoms. The van der Waals surface area contributed by atoms with E-state index in [1.54, 1.807) is 6.33 Å². The quantitative estimate of drug-likeness (QED) is 0.634.